The van der Waals surface area contributed by atoms with E-state index in [2.05, 4.69) is 4.85 Å². The summed E-state index contributed by atoms with van der Waals surface area (Å²) in [5.74, 6) is 3.35. The minimum absolute atomic E-state index is 0.524. The zero-order chi connectivity index (χ0) is 38.1. The largest absolute Gasteiger partial charge is 0.456 e. The highest BCUT2D eigenvalue weighted by Gasteiger charge is 2.20. The smallest absolute Gasteiger partial charge is 0.194 e. The van der Waals surface area contributed by atoms with Crippen LogP contribution < -0.4 is 0 Å². The summed E-state index contributed by atoms with van der Waals surface area (Å²) in [6.07, 6.45) is 0. The molecular weight excluding hydrogens is 703 g/mol. The number of fused-ring (bicyclic) bond motifs is 3. The average molecular weight is 732 g/mol. The van der Waals surface area contributed by atoms with Crippen molar-refractivity contribution in [1.82, 2.24) is 29.9 Å². The van der Waals surface area contributed by atoms with Crippen LogP contribution in [0, 0.1) is 6.57 Å². The Bertz CT molecular complexity index is 3060. The molecule has 10 rings (SSSR count). The van der Waals surface area contributed by atoms with Gasteiger partial charge in [0.1, 0.15) is 11.2 Å². The van der Waals surface area contributed by atoms with Gasteiger partial charge < -0.3 is 4.42 Å². The fourth-order valence-electron chi connectivity index (χ4n) is 7.04. The SMILES string of the molecule is [C-]#[N+]c1ccccc1-c1ccc(-c2nc(-c3ccccc3)nc(-c3cccc4oc5cc(-c6nc(-c7ccccc7)nc(-c7ccccc7)n6)ccc5c34)n2)cc1. The van der Waals surface area contributed by atoms with E-state index in [0.717, 1.165) is 55.3 Å². The molecule has 0 radical (unpaired) electrons. The number of hydrogen-bond donors (Lipinski definition) is 0. The maximum atomic E-state index is 7.63. The van der Waals surface area contributed by atoms with Crippen LogP contribution in [0.4, 0.5) is 5.69 Å². The van der Waals surface area contributed by atoms with Crippen LogP contribution in [-0.4, -0.2) is 29.9 Å². The molecule has 0 aliphatic rings. The number of para-hydroxylation sites is 1. The third kappa shape index (κ3) is 6.35. The van der Waals surface area contributed by atoms with Crippen molar-refractivity contribution in [2.75, 3.05) is 0 Å². The monoisotopic (exact) mass is 731 g/mol. The summed E-state index contributed by atoms with van der Waals surface area (Å²) in [5.41, 5.74) is 8.96. The van der Waals surface area contributed by atoms with E-state index in [1.165, 1.54) is 0 Å². The van der Waals surface area contributed by atoms with Gasteiger partial charge in [-0.05, 0) is 29.3 Å². The molecule has 0 unspecified atom stereocenters. The van der Waals surface area contributed by atoms with Gasteiger partial charge in [-0.2, -0.15) is 0 Å². The molecule has 266 valence electrons. The Hall–Kier alpha value is -8.15. The summed E-state index contributed by atoms with van der Waals surface area (Å²) in [4.78, 5) is 33.5. The highest BCUT2D eigenvalue weighted by Crippen LogP contribution is 2.39. The van der Waals surface area contributed by atoms with Crippen molar-refractivity contribution in [1.29, 1.82) is 0 Å². The second-order valence-corrected chi connectivity index (χ2v) is 13.4. The molecule has 3 heterocycles. The minimum Gasteiger partial charge on any atom is -0.456 e. The average Bonchev–Trinajstić information content (AvgIpc) is 3.68. The normalized spacial score (nSPS) is 11.1. The number of aromatic nitrogens is 6. The maximum Gasteiger partial charge on any atom is 0.194 e. The standard InChI is InChI=1S/C49H29N7O/c1-50-40-22-12-11-20-37(40)31-24-26-35(27-25-31)47-52-46(34-18-9-4-10-19-34)55-49(56-47)39-21-13-23-41-43(39)38-29-28-36(30-42(38)57-41)48-53-44(32-14-5-2-6-15-32)51-45(54-48)33-16-7-3-8-17-33/h2-30H. The van der Waals surface area contributed by atoms with Crippen LogP contribution >= 0.6 is 0 Å². The highest BCUT2D eigenvalue weighted by atomic mass is 16.3. The lowest BCUT2D eigenvalue weighted by Crippen LogP contribution is -2.00. The molecule has 10 aromatic rings. The summed E-state index contributed by atoms with van der Waals surface area (Å²) in [6.45, 7) is 7.63. The molecule has 0 amide bonds. The fourth-order valence-corrected chi connectivity index (χ4v) is 7.04. The lowest BCUT2D eigenvalue weighted by molar-refractivity contribution is 0.669. The predicted molar refractivity (Wildman–Crippen MR) is 225 cm³/mol. The second kappa shape index (κ2) is 14.3. The Kier molecular flexibility index (Phi) is 8.36. The van der Waals surface area contributed by atoms with Crippen LogP contribution in [-0.2, 0) is 0 Å². The van der Waals surface area contributed by atoms with E-state index in [9.17, 15) is 0 Å². The molecule has 0 fully saturated rings. The topological polar surface area (TPSA) is 94.8 Å². The molecule has 8 heteroatoms. The molecule has 8 nitrogen and oxygen atoms in total. The van der Waals surface area contributed by atoms with Gasteiger partial charge >= 0.3 is 0 Å². The van der Waals surface area contributed by atoms with Crippen LogP contribution in [0.1, 0.15) is 0 Å². The number of benzene rings is 7. The highest BCUT2D eigenvalue weighted by molar-refractivity contribution is 6.12. The maximum absolute atomic E-state index is 7.63. The number of furan rings is 1. The minimum atomic E-state index is 0.524. The summed E-state index contributed by atoms with van der Waals surface area (Å²) in [6, 6.07) is 57.4. The first-order valence-electron chi connectivity index (χ1n) is 18.4. The molecule has 7 aromatic carbocycles. The molecule has 0 N–H and O–H groups in total. The van der Waals surface area contributed by atoms with Crippen LogP contribution in [0.3, 0.4) is 0 Å². The zero-order valence-corrected chi connectivity index (χ0v) is 30.3. The Labute approximate surface area is 327 Å². The molecule has 3 aromatic heterocycles. The van der Waals surface area contributed by atoms with Gasteiger partial charge in [0.05, 0.1) is 6.57 Å². The van der Waals surface area contributed by atoms with Gasteiger partial charge in [-0.15, -0.1) is 0 Å². The third-order valence-electron chi connectivity index (χ3n) is 9.84. The molecule has 0 saturated carbocycles. The van der Waals surface area contributed by atoms with Crippen molar-refractivity contribution in [3.05, 3.63) is 187 Å². The molecule has 0 aliphatic heterocycles. The molecule has 0 saturated heterocycles. The van der Waals surface area contributed by atoms with Gasteiger partial charge in [-0.25, -0.2) is 34.7 Å². The van der Waals surface area contributed by atoms with Crippen LogP contribution in [0.25, 0.3) is 106 Å². The second-order valence-electron chi connectivity index (χ2n) is 13.4. The Balaban J connectivity index is 1.10. The number of hydrogen-bond acceptors (Lipinski definition) is 7. The summed E-state index contributed by atoms with van der Waals surface area (Å²) in [7, 11) is 0. The molecule has 0 aliphatic carbocycles. The van der Waals surface area contributed by atoms with E-state index in [1.807, 2.05) is 176 Å². The van der Waals surface area contributed by atoms with E-state index < -0.39 is 0 Å². The molecule has 0 bridgehead atoms. The zero-order valence-electron chi connectivity index (χ0n) is 30.3. The molecular formula is C49H29N7O. The predicted octanol–water partition coefficient (Wildman–Crippen LogP) is 12.2. The van der Waals surface area contributed by atoms with E-state index >= 15 is 0 Å². The fraction of sp³-hybridized carbons (Fsp3) is 0. The number of nitrogens with zero attached hydrogens (tertiary/aromatic N) is 7. The first-order valence-corrected chi connectivity index (χ1v) is 18.4. The first kappa shape index (κ1) is 33.4. The van der Waals surface area contributed by atoms with Crippen molar-refractivity contribution < 1.29 is 4.42 Å². The van der Waals surface area contributed by atoms with Gasteiger partial charge in [-0.3, -0.25) is 0 Å². The lowest BCUT2D eigenvalue weighted by Gasteiger charge is -2.10. The molecule has 0 atom stereocenters. The Morgan fingerprint density at radius 1 is 0.351 bits per heavy atom. The van der Waals surface area contributed by atoms with E-state index in [4.69, 9.17) is 40.9 Å². The van der Waals surface area contributed by atoms with Crippen molar-refractivity contribution >= 4 is 27.6 Å². The Morgan fingerprint density at radius 2 is 0.789 bits per heavy atom. The summed E-state index contributed by atoms with van der Waals surface area (Å²) < 4.78 is 6.55. The van der Waals surface area contributed by atoms with Gasteiger partial charge in [0.15, 0.2) is 40.6 Å². The van der Waals surface area contributed by atoms with Gasteiger partial charge in [-0.1, -0.05) is 158 Å². The van der Waals surface area contributed by atoms with E-state index in [1.54, 1.807) is 0 Å². The third-order valence-corrected chi connectivity index (χ3v) is 9.84. The molecule has 0 spiro atoms. The lowest BCUT2D eigenvalue weighted by atomic mass is 10.0. The van der Waals surface area contributed by atoms with Gasteiger partial charge in [0.25, 0.3) is 0 Å². The molecule has 57 heavy (non-hydrogen) atoms. The first-order chi connectivity index (χ1) is 28.2. The van der Waals surface area contributed by atoms with Crippen molar-refractivity contribution in [3.8, 4) is 79.5 Å². The number of rotatable bonds is 7. The van der Waals surface area contributed by atoms with Gasteiger partial charge in [0, 0.05) is 44.2 Å². The summed E-state index contributed by atoms with van der Waals surface area (Å²) in [5, 5.41) is 1.81. The van der Waals surface area contributed by atoms with E-state index in [0.29, 0.717) is 51.8 Å². The van der Waals surface area contributed by atoms with Crippen molar-refractivity contribution in [3.63, 3.8) is 0 Å². The van der Waals surface area contributed by atoms with Crippen LogP contribution in [0.5, 0.6) is 0 Å². The van der Waals surface area contributed by atoms with Crippen molar-refractivity contribution in [2.24, 2.45) is 0 Å². The Morgan fingerprint density at radius 3 is 1.35 bits per heavy atom. The van der Waals surface area contributed by atoms with Crippen LogP contribution in [0.2, 0.25) is 0 Å². The van der Waals surface area contributed by atoms with Crippen LogP contribution in [0.15, 0.2) is 180 Å². The summed E-state index contributed by atoms with van der Waals surface area (Å²) >= 11 is 0. The van der Waals surface area contributed by atoms with Gasteiger partial charge in [0.2, 0.25) is 0 Å². The van der Waals surface area contributed by atoms with E-state index in [-0.39, 0.29) is 0 Å². The van der Waals surface area contributed by atoms with Crippen molar-refractivity contribution in [2.45, 2.75) is 0 Å². The quantitative estimate of drug-likeness (QED) is 0.151.